The van der Waals surface area contributed by atoms with Crippen molar-refractivity contribution in [3.63, 3.8) is 0 Å². The predicted octanol–water partition coefficient (Wildman–Crippen LogP) is 3.58. The molecule has 0 unspecified atom stereocenters. The van der Waals surface area contributed by atoms with Crippen LogP contribution in [0.15, 0.2) is 46.8 Å². The largest absolute Gasteiger partial charge is 0.298 e. The van der Waals surface area contributed by atoms with Gasteiger partial charge in [-0.3, -0.25) is 19.3 Å². The highest BCUT2D eigenvalue weighted by atomic mass is 32.1. The van der Waals surface area contributed by atoms with Gasteiger partial charge in [0.2, 0.25) is 0 Å². The van der Waals surface area contributed by atoms with Crippen LogP contribution in [-0.2, 0) is 0 Å². The van der Waals surface area contributed by atoms with Crippen LogP contribution in [0.3, 0.4) is 0 Å². The summed E-state index contributed by atoms with van der Waals surface area (Å²) in [5.74, 6) is -0.894. The number of benzene rings is 1. The van der Waals surface area contributed by atoms with Gasteiger partial charge in [-0.1, -0.05) is 0 Å². The summed E-state index contributed by atoms with van der Waals surface area (Å²) >= 11 is 2.60. The van der Waals surface area contributed by atoms with Gasteiger partial charge in [-0.05, 0) is 31.2 Å². The molecule has 1 aromatic carbocycles. The maximum Gasteiger partial charge on any atom is 0.271 e. The molecule has 3 heterocycles. The second kappa shape index (κ2) is 6.43. The Kier molecular flexibility index (Phi) is 4.09. The van der Waals surface area contributed by atoms with Crippen molar-refractivity contribution in [2.75, 3.05) is 5.32 Å². The van der Waals surface area contributed by atoms with Crippen molar-refractivity contribution in [1.82, 2.24) is 14.4 Å². The monoisotopic (exact) mass is 386 g/mol. The van der Waals surface area contributed by atoms with Crippen LogP contribution in [0.2, 0.25) is 0 Å². The molecule has 9 heteroatoms. The quantitative estimate of drug-likeness (QED) is 0.584. The van der Waals surface area contributed by atoms with E-state index in [4.69, 9.17) is 0 Å². The van der Waals surface area contributed by atoms with Gasteiger partial charge in [0.15, 0.2) is 10.1 Å². The number of hydrogen-bond acceptors (Lipinski definition) is 6. The Labute approximate surface area is 154 Å². The fraction of sp³-hybridized carbons (Fsp3) is 0.0588. The molecular weight excluding hydrogens is 375 g/mol. The van der Waals surface area contributed by atoms with E-state index in [1.807, 2.05) is 6.92 Å². The van der Waals surface area contributed by atoms with Crippen LogP contribution < -0.4 is 10.9 Å². The van der Waals surface area contributed by atoms with Crippen LogP contribution in [0.25, 0.3) is 16.2 Å². The van der Waals surface area contributed by atoms with Crippen LogP contribution in [0, 0.1) is 12.7 Å². The molecule has 0 radical (unpaired) electrons. The highest BCUT2D eigenvalue weighted by Gasteiger charge is 2.17. The lowest BCUT2D eigenvalue weighted by molar-refractivity contribution is 0.102. The van der Waals surface area contributed by atoms with Gasteiger partial charge < -0.3 is 0 Å². The summed E-state index contributed by atoms with van der Waals surface area (Å²) in [5, 5.41) is 4.73. The predicted molar refractivity (Wildman–Crippen MR) is 99.5 cm³/mol. The van der Waals surface area contributed by atoms with Gasteiger partial charge in [0.05, 0.1) is 5.69 Å². The standard InChI is InChI=1S/C17H11FN4O2S2/c1-9-13(10-2-4-11(18)5-3-10)20-16(26-9)21-14(23)12-8-19-17-22(15(12)24)6-7-25-17/h2-8H,1H3,(H,20,21,23). The molecule has 0 aliphatic heterocycles. The summed E-state index contributed by atoms with van der Waals surface area (Å²) < 4.78 is 14.4. The zero-order valence-corrected chi connectivity index (χ0v) is 15.0. The first kappa shape index (κ1) is 16.6. The summed E-state index contributed by atoms with van der Waals surface area (Å²) in [5.41, 5.74) is 0.924. The van der Waals surface area contributed by atoms with Crippen LogP contribution in [0.4, 0.5) is 9.52 Å². The van der Waals surface area contributed by atoms with E-state index < -0.39 is 11.5 Å². The summed E-state index contributed by atoms with van der Waals surface area (Å²) in [6.45, 7) is 1.86. The smallest absolute Gasteiger partial charge is 0.271 e. The molecular formula is C17H11FN4O2S2. The zero-order chi connectivity index (χ0) is 18.3. The van der Waals surface area contributed by atoms with Gasteiger partial charge in [-0.15, -0.1) is 22.7 Å². The number of carbonyl (C=O) groups excluding carboxylic acids is 1. The molecule has 0 spiro atoms. The van der Waals surface area contributed by atoms with Gasteiger partial charge in [0.25, 0.3) is 11.5 Å². The van der Waals surface area contributed by atoms with E-state index in [-0.39, 0.29) is 11.4 Å². The lowest BCUT2D eigenvalue weighted by atomic mass is 10.1. The minimum atomic E-state index is -0.567. The molecule has 1 N–H and O–H groups in total. The molecule has 0 saturated heterocycles. The third-order valence-electron chi connectivity index (χ3n) is 3.72. The van der Waals surface area contributed by atoms with E-state index in [0.717, 1.165) is 10.4 Å². The fourth-order valence-electron chi connectivity index (χ4n) is 2.47. The van der Waals surface area contributed by atoms with E-state index in [0.29, 0.717) is 15.8 Å². The summed E-state index contributed by atoms with van der Waals surface area (Å²) in [7, 11) is 0. The molecule has 130 valence electrons. The van der Waals surface area contributed by atoms with E-state index >= 15 is 0 Å². The third kappa shape index (κ3) is 2.91. The SMILES string of the molecule is Cc1sc(NC(=O)c2cnc3sccn3c2=O)nc1-c1ccc(F)cc1. The number of rotatable bonds is 3. The number of carbonyl (C=O) groups is 1. The van der Waals surface area contributed by atoms with E-state index in [9.17, 15) is 14.0 Å². The molecule has 0 aliphatic carbocycles. The normalized spacial score (nSPS) is 11.0. The van der Waals surface area contributed by atoms with Gasteiger partial charge in [-0.25, -0.2) is 14.4 Å². The van der Waals surface area contributed by atoms with Gasteiger partial charge in [0, 0.05) is 28.2 Å². The number of nitrogens with one attached hydrogen (secondary N) is 1. The van der Waals surface area contributed by atoms with Crippen molar-refractivity contribution in [3.8, 4) is 11.3 Å². The lowest BCUT2D eigenvalue weighted by Crippen LogP contribution is -2.25. The number of anilines is 1. The molecule has 4 aromatic rings. The molecule has 4 rings (SSSR count). The van der Waals surface area contributed by atoms with Crippen molar-refractivity contribution >= 4 is 38.7 Å². The number of fused-ring (bicyclic) bond motifs is 1. The second-order valence-electron chi connectivity index (χ2n) is 5.42. The molecule has 0 saturated carbocycles. The van der Waals surface area contributed by atoms with Crippen LogP contribution in [-0.4, -0.2) is 20.3 Å². The Morgan fingerprint density at radius 2 is 2.04 bits per heavy atom. The van der Waals surface area contributed by atoms with Crippen molar-refractivity contribution in [3.05, 3.63) is 68.7 Å². The number of aryl methyl sites for hydroxylation is 1. The molecule has 0 fully saturated rings. The fourth-order valence-corrected chi connectivity index (χ4v) is 3.98. The number of thiazole rings is 2. The van der Waals surface area contributed by atoms with Crippen molar-refractivity contribution in [1.29, 1.82) is 0 Å². The highest BCUT2D eigenvalue weighted by molar-refractivity contribution is 7.16. The first-order chi connectivity index (χ1) is 12.5. The Morgan fingerprint density at radius 3 is 2.81 bits per heavy atom. The average Bonchev–Trinajstić information content (AvgIpc) is 3.23. The molecule has 3 aromatic heterocycles. The van der Waals surface area contributed by atoms with Crippen molar-refractivity contribution in [2.24, 2.45) is 0 Å². The Balaban J connectivity index is 1.63. The van der Waals surface area contributed by atoms with E-state index in [1.54, 1.807) is 23.7 Å². The number of amides is 1. The number of aromatic nitrogens is 3. The van der Waals surface area contributed by atoms with Crippen molar-refractivity contribution < 1.29 is 9.18 Å². The van der Waals surface area contributed by atoms with Gasteiger partial charge >= 0.3 is 0 Å². The lowest BCUT2D eigenvalue weighted by Gasteiger charge is -2.01. The molecule has 26 heavy (non-hydrogen) atoms. The maximum absolute atomic E-state index is 13.1. The van der Waals surface area contributed by atoms with E-state index in [1.165, 1.54) is 45.4 Å². The Bertz CT molecular complexity index is 1180. The molecule has 0 atom stereocenters. The molecule has 0 aliphatic rings. The minimum absolute atomic E-state index is 0.0583. The minimum Gasteiger partial charge on any atom is -0.298 e. The van der Waals surface area contributed by atoms with E-state index in [2.05, 4.69) is 15.3 Å². The van der Waals surface area contributed by atoms with Crippen LogP contribution in [0.5, 0.6) is 0 Å². The topological polar surface area (TPSA) is 76.4 Å². The molecule has 6 nitrogen and oxygen atoms in total. The highest BCUT2D eigenvalue weighted by Crippen LogP contribution is 2.30. The Morgan fingerprint density at radius 1 is 1.27 bits per heavy atom. The van der Waals surface area contributed by atoms with Crippen molar-refractivity contribution in [2.45, 2.75) is 6.92 Å². The Hall–Kier alpha value is -2.91. The number of nitrogens with zero attached hydrogens (tertiary/aromatic N) is 3. The zero-order valence-electron chi connectivity index (χ0n) is 13.4. The number of hydrogen-bond donors (Lipinski definition) is 1. The summed E-state index contributed by atoms with van der Waals surface area (Å²) in [6.07, 6.45) is 2.84. The first-order valence-electron chi connectivity index (χ1n) is 7.52. The number of halogens is 1. The van der Waals surface area contributed by atoms with Gasteiger partial charge in [-0.2, -0.15) is 0 Å². The van der Waals surface area contributed by atoms with Crippen LogP contribution >= 0.6 is 22.7 Å². The summed E-state index contributed by atoms with van der Waals surface area (Å²) in [6, 6.07) is 5.97. The maximum atomic E-state index is 13.1. The average molecular weight is 386 g/mol. The second-order valence-corrected chi connectivity index (χ2v) is 7.49. The molecule has 0 bridgehead atoms. The molecule has 1 amide bonds. The first-order valence-corrected chi connectivity index (χ1v) is 9.22. The third-order valence-corrected chi connectivity index (χ3v) is 5.38. The van der Waals surface area contributed by atoms with Crippen LogP contribution in [0.1, 0.15) is 15.2 Å². The van der Waals surface area contributed by atoms with Gasteiger partial charge in [0.1, 0.15) is 11.4 Å². The summed E-state index contributed by atoms with van der Waals surface area (Å²) in [4.78, 5) is 34.7.